The lowest BCUT2D eigenvalue weighted by atomic mass is 10.0. The van der Waals surface area contributed by atoms with Gasteiger partial charge in [0.05, 0.1) is 12.3 Å². The smallest absolute Gasteiger partial charge is 0.255 e. The number of ether oxygens (including phenoxy) is 1. The monoisotopic (exact) mass is 300 g/mol. The van der Waals surface area contributed by atoms with Crippen LogP contribution in [0.1, 0.15) is 30.9 Å². The van der Waals surface area contributed by atoms with E-state index in [1.807, 2.05) is 12.1 Å². The van der Waals surface area contributed by atoms with E-state index < -0.39 is 0 Å². The molecule has 2 rings (SSSR count). The number of rotatable bonds is 6. The molecule has 0 radical (unpaired) electrons. The van der Waals surface area contributed by atoms with Gasteiger partial charge in [-0.3, -0.25) is 4.79 Å². The Bertz CT molecular complexity index is 672. The van der Waals surface area contributed by atoms with Gasteiger partial charge in [0.15, 0.2) is 0 Å². The molecule has 4 heteroatoms. The molecule has 0 saturated carbocycles. The summed E-state index contributed by atoms with van der Waals surface area (Å²) in [5.74, 6) is 0.490. The SMILES string of the molecule is COCCn1c(-c2ccc(C(C)C)cc2)ccc(CN)c1=O. The quantitative estimate of drug-likeness (QED) is 0.892. The number of pyridine rings is 1. The minimum absolute atomic E-state index is 0.0370. The minimum atomic E-state index is -0.0370. The summed E-state index contributed by atoms with van der Waals surface area (Å²) in [5, 5.41) is 0. The van der Waals surface area contributed by atoms with Crippen LogP contribution < -0.4 is 11.3 Å². The van der Waals surface area contributed by atoms with E-state index in [2.05, 4.69) is 38.1 Å². The van der Waals surface area contributed by atoms with Crippen LogP contribution in [0.15, 0.2) is 41.2 Å². The van der Waals surface area contributed by atoms with Gasteiger partial charge in [0.1, 0.15) is 0 Å². The number of nitrogens with zero attached hydrogens (tertiary/aromatic N) is 1. The molecule has 2 aromatic rings. The topological polar surface area (TPSA) is 57.2 Å². The highest BCUT2D eigenvalue weighted by Gasteiger charge is 2.10. The van der Waals surface area contributed by atoms with Crippen molar-refractivity contribution in [2.45, 2.75) is 32.9 Å². The van der Waals surface area contributed by atoms with Gasteiger partial charge in [0.25, 0.3) is 5.56 Å². The van der Waals surface area contributed by atoms with Crippen molar-refractivity contribution < 1.29 is 4.74 Å². The standard InChI is InChI=1S/C18H24N2O2/c1-13(2)14-4-6-15(7-5-14)17-9-8-16(12-19)18(21)20(17)10-11-22-3/h4-9,13H,10-12,19H2,1-3H3. The zero-order valence-corrected chi connectivity index (χ0v) is 13.5. The molecular weight excluding hydrogens is 276 g/mol. The fourth-order valence-corrected chi connectivity index (χ4v) is 2.47. The third kappa shape index (κ3) is 3.46. The van der Waals surface area contributed by atoms with Crippen molar-refractivity contribution >= 4 is 0 Å². The predicted octanol–water partition coefficient (Wildman–Crippen LogP) is 2.74. The maximum absolute atomic E-state index is 12.5. The Hall–Kier alpha value is -1.91. The second-order valence-corrected chi connectivity index (χ2v) is 5.67. The second kappa shape index (κ2) is 7.38. The predicted molar refractivity (Wildman–Crippen MR) is 90.0 cm³/mol. The maximum Gasteiger partial charge on any atom is 0.255 e. The fourth-order valence-electron chi connectivity index (χ4n) is 2.47. The number of hydrogen-bond donors (Lipinski definition) is 1. The first-order chi connectivity index (χ1) is 10.6. The van der Waals surface area contributed by atoms with Crippen molar-refractivity contribution in [3.8, 4) is 11.3 Å². The number of hydrogen-bond acceptors (Lipinski definition) is 3. The van der Waals surface area contributed by atoms with E-state index in [1.54, 1.807) is 11.7 Å². The van der Waals surface area contributed by atoms with E-state index in [0.29, 0.717) is 24.6 Å². The Labute approximate surface area is 131 Å². The lowest BCUT2D eigenvalue weighted by Crippen LogP contribution is -2.28. The first kappa shape index (κ1) is 16.5. The molecule has 0 saturated heterocycles. The first-order valence-corrected chi connectivity index (χ1v) is 7.60. The summed E-state index contributed by atoms with van der Waals surface area (Å²) >= 11 is 0. The number of aromatic nitrogens is 1. The van der Waals surface area contributed by atoms with Gasteiger partial charge in [0.2, 0.25) is 0 Å². The van der Waals surface area contributed by atoms with E-state index in [1.165, 1.54) is 5.56 Å². The molecule has 0 aliphatic heterocycles. The van der Waals surface area contributed by atoms with Crippen molar-refractivity contribution in [2.24, 2.45) is 5.73 Å². The minimum Gasteiger partial charge on any atom is -0.383 e. The molecule has 0 bridgehead atoms. The molecule has 2 N–H and O–H groups in total. The van der Waals surface area contributed by atoms with Crippen LogP contribution in [0.4, 0.5) is 0 Å². The molecule has 0 spiro atoms. The lowest BCUT2D eigenvalue weighted by Gasteiger charge is -2.15. The molecule has 0 atom stereocenters. The van der Waals surface area contributed by atoms with Gasteiger partial charge >= 0.3 is 0 Å². The van der Waals surface area contributed by atoms with Crippen LogP contribution >= 0.6 is 0 Å². The number of methoxy groups -OCH3 is 1. The molecule has 4 nitrogen and oxygen atoms in total. The van der Waals surface area contributed by atoms with Crippen LogP contribution in [-0.4, -0.2) is 18.3 Å². The zero-order chi connectivity index (χ0) is 16.1. The maximum atomic E-state index is 12.5. The molecule has 1 aromatic carbocycles. The van der Waals surface area contributed by atoms with Crippen LogP contribution in [-0.2, 0) is 17.8 Å². The summed E-state index contributed by atoms with van der Waals surface area (Å²) < 4.78 is 6.87. The highest BCUT2D eigenvalue weighted by Crippen LogP contribution is 2.22. The summed E-state index contributed by atoms with van der Waals surface area (Å²) in [4.78, 5) is 12.5. The third-order valence-corrected chi connectivity index (χ3v) is 3.87. The van der Waals surface area contributed by atoms with Gasteiger partial charge < -0.3 is 15.0 Å². The van der Waals surface area contributed by atoms with E-state index >= 15 is 0 Å². The number of benzene rings is 1. The van der Waals surface area contributed by atoms with E-state index in [9.17, 15) is 4.79 Å². The molecule has 22 heavy (non-hydrogen) atoms. The van der Waals surface area contributed by atoms with Gasteiger partial charge in [-0.05, 0) is 23.1 Å². The van der Waals surface area contributed by atoms with Gasteiger partial charge in [-0.15, -0.1) is 0 Å². The Morgan fingerprint density at radius 2 is 1.82 bits per heavy atom. The van der Waals surface area contributed by atoms with E-state index in [-0.39, 0.29) is 12.1 Å². The molecule has 118 valence electrons. The third-order valence-electron chi connectivity index (χ3n) is 3.87. The van der Waals surface area contributed by atoms with Crippen molar-refractivity contribution in [3.05, 3.63) is 57.9 Å². The summed E-state index contributed by atoms with van der Waals surface area (Å²) in [6, 6.07) is 12.1. The average Bonchev–Trinajstić information content (AvgIpc) is 2.53. The van der Waals surface area contributed by atoms with Crippen molar-refractivity contribution in [2.75, 3.05) is 13.7 Å². The van der Waals surface area contributed by atoms with Crippen LogP contribution in [0, 0.1) is 0 Å². The normalized spacial score (nSPS) is 11.1. The van der Waals surface area contributed by atoms with E-state index in [0.717, 1.165) is 11.3 Å². The summed E-state index contributed by atoms with van der Waals surface area (Å²) in [7, 11) is 1.63. The molecule has 0 aliphatic carbocycles. The van der Waals surface area contributed by atoms with Crippen LogP contribution in [0.5, 0.6) is 0 Å². The molecule has 0 amide bonds. The molecule has 1 aromatic heterocycles. The molecule has 1 heterocycles. The largest absolute Gasteiger partial charge is 0.383 e. The summed E-state index contributed by atoms with van der Waals surface area (Å²) in [6.45, 7) is 5.59. The average molecular weight is 300 g/mol. The van der Waals surface area contributed by atoms with Crippen molar-refractivity contribution in [1.29, 1.82) is 0 Å². The van der Waals surface area contributed by atoms with Gasteiger partial charge in [-0.25, -0.2) is 0 Å². The fraction of sp³-hybridized carbons (Fsp3) is 0.389. The summed E-state index contributed by atoms with van der Waals surface area (Å²) in [6.07, 6.45) is 0. The Kier molecular flexibility index (Phi) is 5.52. The lowest BCUT2D eigenvalue weighted by molar-refractivity contribution is 0.186. The van der Waals surface area contributed by atoms with Crippen LogP contribution in [0.3, 0.4) is 0 Å². The van der Waals surface area contributed by atoms with Gasteiger partial charge in [-0.1, -0.05) is 44.2 Å². The van der Waals surface area contributed by atoms with Crippen LogP contribution in [0.25, 0.3) is 11.3 Å². The Balaban J connectivity index is 2.49. The van der Waals surface area contributed by atoms with E-state index in [4.69, 9.17) is 10.5 Å². The number of nitrogens with two attached hydrogens (primary N) is 1. The van der Waals surface area contributed by atoms with Crippen molar-refractivity contribution in [3.63, 3.8) is 0 Å². The van der Waals surface area contributed by atoms with Crippen LogP contribution in [0.2, 0.25) is 0 Å². The molecule has 0 fully saturated rings. The van der Waals surface area contributed by atoms with Gasteiger partial charge in [-0.2, -0.15) is 0 Å². The first-order valence-electron chi connectivity index (χ1n) is 7.60. The Morgan fingerprint density at radius 3 is 2.36 bits per heavy atom. The van der Waals surface area contributed by atoms with Crippen molar-refractivity contribution in [1.82, 2.24) is 4.57 Å². The molecule has 0 unspecified atom stereocenters. The Morgan fingerprint density at radius 1 is 1.14 bits per heavy atom. The summed E-state index contributed by atoms with van der Waals surface area (Å²) in [5.41, 5.74) is 9.44. The molecule has 0 aliphatic rings. The highest BCUT2D eigenvalue weighted by molar-refractivity contribution is 5.60. The second-order valence-electron chi connectivity index (χ2n) is 5.67. The zero-order valence-electron chi connectivity index (χ0n) is 13.5. The van der Waals surface area contributed by atoms with Gasteiger partial charge in [0, 0.05) is 25.8 Å². The highest BCUT2D eigenvalue weighted by atomic mass is 16.5. The molecular formula is C18H24N2O2.